The van der Waals surface area contributed by atoms with Crippen LogP contribution in [0.1, 0.15) is 24.2 Å². The van der Waals surface area contributed by atoms with Crippen molar-refractivity contribution >= 4 is 10.0 Å². The highest BCUT2D eigenvalue weighted by Gasteiger charge is 2.10. The molecule has 0 aliphatic heterocycles. The van der Waals surface area contributed by atoms with Gasteiger partial charge in [0.1, 0.15) is 0 Å². The Bertz CT molecular complexity index is 677. The van der Waals surface area contributed by atoms with Gasteiger partial charge in [-0.3, -0.25) is 4.68 Å². The van der Waals surface area contributed by atoms with Crippen LogP contribution in [0.4, 0.5) is 0 Å². The van der Waals surface area contributed by atoms with Crippen LogP contribution in [0.25, 0.3) is 0 Å². The number of rotatable bonds is 5. The average Bonchev–Trinajstić information content (AvgIpc) is 2.81. The highest BCUT2D eigenvalue weighted by Crippen LogP contribution is 2.15. The molecule has 0 aliphatic carbocycles. The Balaban J connectivity index is 2.00. The lowest BCUT2D eigenvalue weighted by Gasteiger charge is -2.13. The molecule has 1 unspecified atom stereocenters. The highest BCUT2D eigenvalue weighted by molar-refractivity contribution is 7.89. The SMILES string of the molecule is CC(NCc1ccn(C)n1)c1ccc(S(N)(=O)=O)cc1. The van der Waals surface area contributed by atoms with Crippen LogP contribution in [0.15, 0.2) is 41.4 Å². The van der Waals surface area contributed by atoms with Crippen molar-refractivity contribution < 1.29 is 8.42 Å². The van der Waals surface area contributed by atoms with Crippen LogP contribution in [0.5, 0.6) is 0 Å². The first-order valence-corrected chi connectivity index (χ1v) is 7.75. The van der Waals surface area contributed by atoms with E-state index in [4.69, 9.17) is 5.14 Å². The molecule has 0 radical (unpaired) electrons. The summed E-state index contributed by atoms with van der Waals surface area (Å²) >= 11 is 0. The molecular weight excluding hydrogens is 276 g/mol. The summed E-state index contributed by atoms with van der Waals surface area (Å²) in [4.78, 5) is 0.123. The zero-order valence-electron chi connectivity index (χ0n) is 11.4. The lowest BCUT2D eigenvalue weighted by atomic mass is 10.1. The third-order valence-corrected chi connectivity index (χ3v) is 4.00. The Labute approximate surface area is 118 Å². The molecule has 108 valence electrons. The summed E-state index contributed by atoms with van der Waals surface area (Å²) in [6, 6.07) is 8.59. The number of benzene rings is 1. The molecule has 2 aromatic rings. The fraction of sp³-hybridized carbons (Fsp3) is 0.308. The van der Waals surface area contributed by atoms with Gasteiger partial charge in [-0.15, -0.1) is 0 Å². The van der Waals surface area contributed by atoms with Crippen molar-refractivity contribution in [1.29, 1.82) is 0 Å². The van der Waals surface area contributed by atoms with E-state index >= 15 is 0 Å². The van der Waals surface area contributed by atoms with Crippen molar-refractivity contribution in [2.45, 2.75) is 24.4 Å². The van der Waals surface area contributed by atoms with E-state index < -0.39 is 10.0 Å². The topological polar surface area (TPSA) is 90.0 Å². The fourth-order valence-corrected chi connectivity index (χ4v) is 2.39. The van der Waals surface area contributed by atoms with Crippen molar-refractivity contribution in [3.63, 3.8) is 0 Å². The third kappa shape index (κ3) is 3.66. The van der Waals surface area contributed by atoms with E-state index in [1.165, 1.54) is 12.1 Å². The minimum Gasteiger partial charge on any atom is -0.304 e. The quantitative estimate of drug-likeness (QED) is 0.858. The van der Waals surface area contributed by atoms with Crippen molar-refractivity contribution in [2.24, 2.45) is 12.2 Å². The molecule has 0 aliphatic rings. The molecule has 1 atom stereocenters. The average molecular weight is 294 g/mol. The molecule has 1 aromatic heterocycles. The number of sulfonamides is 1. The predicted molar refractivity (Wildman–Crippen MR) is 76.3 cm³/mol. The zero-order chi connectivity index (χ0) is 14.8. The van der Waals surface area contributed by atoms with Gasteiger partial charge in [-0.25, -0.2) is 13.6 Å². The van der Waals surface area contributed by atoms with E-state index in [-0.39, 0.29) is 10.9 Å². The van der Waals surface area contributed by atoms with E-state index in [0.29, 0.717) is 6.54 Å². The minimum absolute atomic E-state index is 0.0894. The van der Waals surface area contributed by atoms with E-state index in [1.54, 1.807) is 16.8 Å². The first-order valence-electron chi connectivity index (χ1n) is 6.21. The van der Waals surface area contributed by atoms with Crippen molar-refractivity contribution in [3.8, 4) is 0 Å². The Hall–Kier alpha value is -1.70. The van der Waals surface area contributed by atoms with Gasteiger partial charge >= 0.3 is 0 Å². The first kappa shape index (κ1) is 14.7. The number of aromatic nitrogens is 2. The molecule has 7 heteroatoms. The van der Waals surface area contributed by atoms with Crippen LogP contribution in [0.3, 0.4) is 0 Å². The number of nitrogens with one attached hydrogen (secondary N) is 1. The maximum absolute atomic E-state index is 11.2. The van der Waals surface area contributed by atoms with E-state index in [0.717, 1.165) is 11.3 Å². The second-order valence-electron chi connectivity index (χ2n) is 4.70. The Morgan fingerprint density at radius 2 is 1.95 bits per heavy atom. The van der Waals surface area contributed by atoms with Gasteiger partial charge in [0, 0.05) is 25.8 Å². The Morgan fingerprint density at radius 3 is 2.45 bits per heavy atom. The van der Waals surface area contributed by atoms with Crippen LogP contribution < -0.4 is 10.5 Å². The van der Waals surface area contributed by atoms with Crippen molar-refractivity contribution in [2.75, 3.05) is 0 Å². The second-order valence-corrected chi connectivity index (χ2v) is 6.26. The molecule has 0 fully saturated rings. The van der Waals surface area contributed by atoms with Crippen molar-refractivity contribution in [3.05, 3.63) is 47.8 Å². The number of primary sulfonamides is 1. The van der Waals surface area contributed by atoms with Gasteiger partial charge < -0.3 is 5.32 Å². The maximum Gasteiger partial charge on any atom is 0.238 e. The van der Waals surface area contributed by atoms with Gasteiger partial charge in [0.05, 0.1) is 10.6 Å². The monoisotopic (exact) mass is 294 g/mol. The first-order chi connectivity index (χ1) is 9.36. The molecule has 1 aromatic carbocycles. The maximum atomic E-state index is 11.2. The van der Waals surface area contributed by atoms with E-state index in [2.05, 4.69) is 10.4 Å². The van der Waals surface area contributed by atoms with Gasteiger partial charge in [-0.05, 0) is 30.7 Å². The fourth-order valence-electron chi connectivity index (χ4n) is 1.88. The van der Waals surface area contributed by atoms with Gasteiger partial charge in [-0.1, -0.05) is 12.1 Å². The lowest BCUT2D eigenvalue weighted by molar-refractivity contribution is 0.561. The van der Waals surface area contributed by atoms with E-state index in [1.807, 2.05) is 26.2 Å². The molecular formula is C13H18N4O2S. The summed E-state index contributed by atoms with van der Waals surface area (Å²) < 4.78 is 24.1. The second kappa shape index (κ2) is 5.74. The molecule has 0 spiro atoms. The number of nitrogens with zero attached hydrogens (tertiary/aromatic N) is 2. The van der Waals surface area contributed by atoms with Crippen LogP contribution in [-0.2, 0) is 23.6 Å². The number of aryl methyl sites for hydroxylation is 1. The van der Waals surface area contributed by atoms with Gasteiger partial charge in [0.25, 0.3) is 0 Å². The smallest absolute Gasteiger partial charge is 0.238 e. The summed E-state index contributed by atoms with van der Waals surface area (Å²) in [6.07, 6.45) is 1.89. The van der Waals surface area contributed by atoms with Gasteiger partial charge in [0.15, 0.2) is 0 Å². The number of nitrogens with two attached hydrogens (primary N) is 1. The number of hydrogen-bond donors (Lipinski definition) is 2. The predicted octanol–water partition coefficient (Wildman–Crippen LogP) is 0.918. The third-order valence-electron chi connectivity index (χ3n) is 3.07. The summed E-state index contributed by atoms with van der Waals surface area (Å²) in [7, 11) is -1.76. The molecule has 0 saturated heterocycles. The molecule has 2 rings (SSSR count). The van der Waals surface area contributed by atoms with E-state index in [9.17, 15) is 8.42 Å². The standard InChI is InChI=1S/C13H18N4O2S/c1-10(15-9-12-7-8-17(2)16-12)11-3-5-13(6-4-11)20(14,18)19/h3-8,10,15H,9H2,1-2H3,(H2,14,18,19). The lowest BCUT2D eigenvalue weighted by Crippen LogP contribution is -2.19. The molecule has 0 saturated carbocycles. The molecule has 0 amide bonds. The van der Waals surface area contributed by atoms with Gasteiger partial charge in [0.2, 0.25) is 10.0 Å². The molecule has 3 N–H and O–H groups in total. The largest absolute Gasteiger partial charge is 0.304 e. The van der Waals surface area contributed by atoms with Crippen LogP contribution >= 0.6 is 0 Å². The molecule has 0 bridgehead atoms. The van der Waals surface area contributed by atoms with Crippen LogP contribution in [-0.4, -0.2) is 18.2 Å². The van der Waals surface area contributed by atoms with Gasteiger partial charge in [-0.2, -0.15) is 5.10 Å². The zero-order valence-corrected chi connectivity index (χ0v) is 12.3. The summed E-state index contributed by atoms with van der Waals surface area (Å²) in [5.41, 5.74) is 1.95. The summed E-state index contributed by atoms with van der Waals surface area (Å²) in [5, 5.41) is 12.7. The normalized spacial score (nSPS) is 13.3. The molecule has 1 heterocycles. The highest BCUT2D eigenvalue weighted by atomic mass is 32.2. The Morgan fingerprint density at radius 1 is 1.30 bits per heavy atom. The molecule has 6 nitrogen and oxygen atoms in total. The number of hydrogen-bond acceptors (Lipinski definition) is 4. The Kier molecular flexibility index (Phi) is 4.22. The summed E-state index contributed by atoms with van der Waals surface area (Å²) in [6.45, 7) is 2.66. The van der Waals surface area contributed by atoms with Crippen LogP contribution in [0.2, 0.25) is 0 Å². The van der Waals surface area contributed by atoms with Crippen molar-refractivity contribution in [1.82, 2.24) is 15.1 Å². The summed E-state index contributed by atoms with van der Waals surface area (Å²) in [5.74, 6) is 0. The van der Waals surface area contributed by atoms with Crippen LogP contribution in [0, 0.1) is 0 Å². The minimum atomic E-state index is -3.63. The molecule has 20 heavy (non-hydrogen) atoms.